The van der Waals surface area contributed by atoms with E-state index in [9.17, 15) is 4.79 Å². The molecule has 9 nitrogen and oxygen atoms in total. The molecule has 0 saturated heterocycles. The summed E-state index contributed by atoms with van der Waals surface area (Å²) in [6, 6.07) is 13.6. The minimum absolute atomic E-state index is 0.0789. The summed E-state index contributed by atoms with van der Waals surface area (Å²) in [5, 5.41) is 8.98. The average Bonchev–Trinajstić information content (AvgIpc) is 3.11. The number of hydrogen-bond acceptors (Lipinski definition) is 6. The zero-order chi connectivity index (χ0) is 27.2. The lowest BCUT2D eigenvalue weighted by Gasteiger charge is -2.31. The predicted molar refractivity (Wildman–Crippen MR) is 152 cm³/mol. The van der Waals surface area contributed by atoms with E-state index in [1.54, 1.807) is 0 Å². The number of amides is 1. The number of anilines is 1. The van der Waals surface area contributed by atoms with Crippen LogP contribution in [0.4, 0.5) is 5.69 Å². The molecule has 3 rings (SSSR count). The van der Waals surface area contributed by atoms with Crippen LogP contribution in [0.3, 0.4) is 0 Å². The molecule has 0 bridgehead atoms. The number of nitrogens with one attached hydrogen (secondary N) is 1. The fraction of sp³-hybridized carbons (Fsp3) is 0.621. The highest BCUT2D eigenvalue weighted by Crippen LogP contribution is 2.48. The normalized spacial score (nSPS) is 15.9. The van der Waals surface area contributed by atoms with Crippen molar-refractivity contribution in [3.05, 3.63) is 52.4 Å². The first-order valence-electron chi connectivity index (χ1n) is 13.8. The van der Waals surface area contributed by atoms with Gasteiger partial charge in [0.05, 0.1) is 39.6 Å². The molecule has 2 aromatic rings. The van der Waals surface area contributed by atoms with Crippen molar-refractivity contribution in [3.8, 4) is 0 Å². The van der Waals surface area contributed by atoms with Gasteiger partial charge in [0, 0.05) is 48.1 Å². The molecule has 1 atom stereocenters. The molecule has 0 fully saturated rings. The molecule has 1 aliphatic rings. The molecule has 9 heteroatoms. The largest absolute Gasteiger partial charge is 0.379 e. The summed E-state index contributed by atoms with van der Waals surface area (Å²) in [6.45, 7) is 11.6. The van der Waals surface area contributed by atoms with Gasteiger partial charge in [0.1, 0.15) is 0 Å². The highest BCUT2D eigenvalue weighted by Gasteiger charge is 2.42. The summed E-state index contributed by atoms with van der Waals surface area (Å²) < 4.78 is 16.1. The van der Waals surface area contributed by atoms with E-state index in [1.807, 2.05) is 0 Å². The summed E-state index contributed by atoms with van der Waals surface area (Å²) in [5.41, 5.74) is 11.1. The van der Waals surface area contributed by atoms with Crippen LogP contribution in [0, 0.1) is 0 Å². The van der Waals surface area contributed by atoms with Crippen LogP contribution in [0.25, 0.3) is 21.2 Å². The van der Waals surface area contributed by atoms with E-state index in [4.69, 9.17) is 19.7 Å². The topological polar surface area (TPSA) is 109 Å². The van der Waals surface area contributed by atoms with Crippen molar-refractivity contribution < 1.29 is 19.0 Å². The van der Waals surface area contributed by atoms with Crippen LogP contribution in [0.5, 0.6) is 0 Å². The van der Waals surface area contributed by atoms with Crippen LogP contribution in [0.2, 0.25) is 0 Å². The summed E-state index contributed by atoms with van der Waals surface area (Å²) in [6.07, 6.45) is 3.54. The van der Waals surface area contributed by atoms with Gasteiger partial charge < -0.3 is 24.4 Å². The Morgan fingerprint density at radius 3 is 2.47 bits per heavy atom. The van der Waals surface area contributed by atoms with Crippen molar-refractivity contribution in [2.75, 3.05) is 64.2 Å². The number of azide groups is 1. The Bertz CT molecular complexity index is 1070. The zero-order valence-corrected chi connectivity index (χ0v) is 23.2. The number of hydrogen-bond donors (Lipinski definition) is 1. The van der Waals surface area contributed by atoms with E-state index >= 15 is 0 Å². The zero-order valence-electron chi connectivity index (χ0n) is 23.2. The van der Waals surface area contributed by atoms with Crippen molar-refractivity contribution in [1.29, 1.82) is 0 Å². The maximum atomic E-state index is 12.1. The first kappa shape index (κ1) is 29.7. The van der Waals surface area contributed by atoms with Gasteiger partial charge in [0.25, 0.3) is 0 Å². The molecule has 208 valence electrons. The molecular formula is C29H43N5O4. The van der Waals surface area contributed by atoms with Crippen molar-refractivity contribution in [2.24, 2.45) is 5.11 Å². The van der Waals surface area contributed by atoms with Gasteiger partial charge in [-0.2, -0.15) is 0 Å². The standard InChI is InChI=1S/C29H43N5O4/c1-23-29(2,3)28-25-10-7-6-9-24(25)12-13-26(28)34(23)16-8-4-5-11-27(35)31-14-17-36-19-21-38-22-20-37-18-15-32-33-30/h6-7,9-10,12-13,23H,4-5,8,11,14-22H2,1-3H3,(H,31,35). The van der Waals surface area contributed by atoms with Gasteiger partial charge >= 0.3 is 0 Å². The molecule has 1 heterocycles. The quantitative estimate of drug-likeness (QED) is 0.122. The predicted octanol–water partition coefficient (Wildman–Crippen LogP) is 5.36. The lowest BCUT2D eigenvalue weighted by Crippen LogP contribution is -2.39. The molecule has 0 spiro atoms. The van der Waals surface area contributed by atoms with E-state index in [2.05, 4.69) is 77.4 Å². The van der Waals surface area contributed by atoms with Crippen LogP contribution in [0.1, 0.15) is 52.0 Å². The number of unbranched alkanes of at least 4 members (excludes halogenated alkanes) is 2. The van der Waals surface area contributed by atoms with Gasteiger partial charge in [-0.1, -0.05) is 55.7 Å². The Morgan fingerprint density at radius 2 is 1.71 bits per heavy atom. The summed E-state index contributed by atoms with van der Waals surface area (Å²) in [4.78, 5) is 17.4. The van der Waals surface area contributed by atoms with E-state index in [0.29, 0.717) is 65.2 Å². The fourth-order valence-corrected chi connectivity index (χ4v) is 5.09. The fourth-order valence-electron chi connectivity index (χ4n) is 5.09. The van der Waals surface area contributed by atoms with Crippen molar-refractivity contribution in [3.63, 3.8) is 0 Å². The molecule has 1 amide bonds. The Balaban J connectivity index is 1.23. The van der Waals surface area contributed by atoms with Gasteiger partial charge in [-0.3, -0.25) is 4.79 Å². The second kappa shape index (κ2) is 15.5. The minimum atomic E-state index is 0.0789. The minimum Gasteiger partial charge on any atom is -0.379 e. The van der Waals surface area contributed by atoms with Gasteiger partial charge in [-0.25, -0.2) is 0 Å². The highest BCUT2D eigenvalue weighted by atomic mass is 16.5. The number of ether oxygens (including phenoxy) is 3. The van der Waals surface area contributed by atoms with Crippen LogP contribution < -0.4 is 10.2 Å². The van der Waals surface area contributed by atoms with Gasteiger partial charge in [0.2, 0.25) is 5.91 Å². The number of carbonyl (C=O) groups excluding carboxylic acids is 1. The molecule has 1 N–H and O–H groups in total. The van der Waals surface area contributed by atoms with Gasteiger partial charge in [0.15, 0.2) is 0 Å². The number of fused-ring (bicyclic) bond motifs is 3. The third kappa shape index (κ3) is 8.33. The van der Waals surface area contributed by atoms with Crippen molar-refractivity contribution in [2.45, 2.75) is 57.9 Å². The maximum Gasteiger partial charge on any atom is 0.220 e. The number of rotatable bonds is 18. The van der Waals surface area contributed by atoms with Gasteiger partial charge in [-0.05, 0) is 47.7 Å². The summed E-state index contributed by atoms with van der Waals surface area (Å²) in [7, 11) is 0. The second-order valence-electron chi connectivity index (χ2n) is 10.2. The molecule has 1 unspecified atom stereocenters. The number of carbonyl (C=O) groups is 1. The van der Waals surface area contributed by atoms with E-state index in [1.165, 1.54) is 22.0 Å². The van der Waals surface area contributed by atoms with E-state index in [-0.39, 0.29) is 11.3 Å². The molecule has 0 radical (unpaired) electrons. The third-order valence-electron chi connectivity index (χ3n) is 7.39. The van der Waals surface area contributed by atoms with Gasteiger partial charge in [-0.15, -0.1) is 0 Å². The smallest absolute Gasteiger partial charge is 0.220 e. The average molecular weight is 526 g/mol. The Labute approximate surface area is 226 Å². The molecule has 0 aromatic heterocycles. The van der Waals surface area contributed by atoms with Crippen molar-refractivity contribution >= 4 is 22.4 Å². The van der Waals surface area contributed by atoms with Crippen LogP contribution >= 0.6 is 0 Å². The molecular weight excluding hydrogens is 482 g/mol. The number of nitrogens with zero attached hydrogens (tertiary/aromatic N) is 4. The molecule has 38 heavy (non-hydrogen) atoms. The first-order chi connectivity index (χ1) is 18.5. The van der Waals surface area contributed by atoms with Crippen LogP contribution in [-0.2, 0) is 24.4 Å². The third-order valence-corrected chi connectivity index (χ3v) is 7.39. The molecule has 0 aliphatic carbocycles. The lowest BCUT2D eigenvalue weighted by atomic mass is 9.79. The second-order valence-corrected chi connectivity index (χ2v) is 10.2. The molecule has 2 aromatic carbocycles. The lowest BCUT2D eigenvalue weighted by molar-refractivity contribution is -0.121. The number of benzene rings is 2. The van der Waals surface area contributed by atoms with Crippen LogP contribution in [-0.4, -0.2) is 71.2 Å². The van der Waals surface area contributed by atoms with E-state index in [0.717, 1.165) is 25.8 Å². The van der Waals surface area contributed by atoms with Crippen LogP contribution in [0.15, 0.2) is 41.5 Å². The Kier molecular flexibility index (Phi) is 12.2. The first-order valence-corrected chi connectivity index (χ1v) is 13.8. The Hall–Kier alpha value is -2.84. The highest BCUT2D eigenvalue weighted by molar-refractivity contribution is 5.93. The summed E-state index contributed by atoms with van der Waals surface area (Å²) >= 11 is 0. The van der Waals surface area contributed by atoms with E-state index < -0.39 is 0 Å². The SMILES string of the molecule is CC1N(CCCCCC(=O)NCCOCCOCCOCCN=[N+]=[N-])c2ccc3ccccc3c2C1(C)C. The van der Waals surface area contributed by atoms with Crippen molar-refractivity contribution in [1.82, 2.24) is 5.32 Å². The maximum absolute atomic E-state index is 12.1. The monoisotopic (exact) mass is 525 g/mol. The molecule has 0 saturated carbocycles. The Morgan fingerprint density at radius 1 is 1.00 bits per heavy atom. The summed E-state index contributed by atoms with van der Waals surface area (Å²) in [5.74, 6) is 0.0789. The molecule has 1 aliphatic heterocycles.